The standard InChI is InChI=1S/C14H12BrNO4/c1-2-12-9(5-6-20-12)13(17)16-8-3-4-11(15)10(7-8)14(18)19/h3-7H,2H2,1H3,(H,16,17)(H,18,19). The number of anilines is 1. The number of halogens is 1. The monoisotopic (exact) mass is 337 g/mol. The van der Waals surface area contributed by atoms with Gasteiger partial charge in [0.05, 0.1) is 17.4 Å². The van der Waals surface area contributed by atoms with Crippen LogP contribution < -0.4 is 5.32 Å². The number of carbonyl (C=O) groups is 2. The van der Waals surface area contributed by atoms with Gasteiger partial charge in [-0.25, -0.2) is 4.79 Å². The van der Waals surface area contributed by atoms with E-state index < -0.39 is 5.97 Å². The van der Waals surface area contributed by atoms with E-state index in [1.807, 2.05) is 6.92 Å². The molecule has 0 atom stereocenters. The zero-order valence-corrected chi connectivity index (χ0v) is 12.2. The van der Waals surface area contributed by atoms with Crippen molar-refractivity contribution in [3.8, 4) is 0 Å². The molecule has 1 aromatic heterocycles. The first-order valence-electron chi connectivity index (χ1n) is 5.93. The van der Waals surface area contributed by atoms with Gasteiger partial charge in [0.2, 0.25) is 0 Å². The van der Waals surface area contributed by atoms with E-state index in [1.54, 1.807) is 18.2 Å². The van der Waals surface area contributed by atoms with Crippen molar-refractivity contribution in [1.29, 1.82) is 0 Å². The molecular weight excluding hydrogens is 326 g/mol. The van der Waals surface area contributed by atoms with Gasteiger partial charge in [0.1, 0.15) is 5.76 Å². The summed E-state index contributed by atoms with van der Waals surface area (Å²) in [6, 6.07) is 6.19. The predicted octanol–water partition coefficient (Wildman–Crippen LogP) is 3.56. The van der Waals surface area contributed by atoms with Crippen LogP contribution >= 0.6 is 15.9 Å². The van der Waals surface area contributed by atoms with Crippen molar-refractivity contribution in [1.82, 2.24) is 0 Å². The molecule has 5 nitrogen and oxygen atoms in total. The summed E-state index contributed by atoms with van der Waals surface area (Å²) < 4.78 is 5.65. The number of benzene rings is 1. The molecular formula is C14H12BrNO4. The second-order valence-corrected chi connectivity index (χ2v) is 4.92. The first-order valence-corrected chi connectivity index (χ1v) is 6.72. The Morgan fingerprint density at radius 1 is 1.30 bits per heavy atom. The number of carboxylic acids is 1. The first-order chi connectivity index (χ1) is 9.52. The number of carbonyl (C=O) groups excluding carboxylic acids is 1. The number of amides is 1. The van der Waals surface area contributed by atoms with Crippen LogP contribution in [0, 0.1) is 0 Å². The van der Waals surface area contributed by atoms with Crippen molar-refractivity contribution in [2.45, 2.75) is 13.3 Å². The van der Waals surface area contributed by atoms with Gasteiger partial charge >= 0.3 is 5.97 Å². The number of furan rings is 1. The van der Waals surface area contributed by atoms with E-state index in [0.29, 0.717) is 27.9 Å². The molecule has 1 aromatic carbocycles. The Morgan fingerprint density at radius 2 is 2.05 bits per heavy atom. The molecule has 0 spiro atoms. The molecule has 0 saturated carbocycles. The minimum absolute atomic E-state index is 0.0886. The number of hydrogen-bond donors (Lipinski definition) is 2. The molecule has 0 fully saturated rings. The van der Waals surface area contributed by atoms with Crippen LogP contribution in [0.15, 0.2) is 39.4 Å². The van der Waals surface area contributed by atoms with E-state index in [2.05, 4.69) is 21.2 Å². The van der Waals surface area contributed by atoms with Gasteiger partial charge in [-0.2, -0.15) is 0 Å². The summed E-state index contributed by atoms with van der Waals surface area (Å²) in [5.74, 6) is -0.794. The number of nitrogens with one attached hydrogen (secondary N) is 1. The smallest absolute Gasteiger partial charge is 0.336 e. The van der Waals surface area contributed by atoms with Crippen LogP contribution in [-0.2, 0) is 6.42 Å². The van der Waals surface area contributed by atoms with Crippen LogP contribution in [0.4, 0.5) is 5.69 Å². The number of aromatic carboxylic acids is 1. The Hall–Kier alpha value is -2.08. The Labute approximate surface area is 123 Å². The van der Waals surface area contributed by atoms with Crippen LogP contribution in [-0.4, -0.2) is 17.0 Å². The molecule has 20 heavy (non-hydrogen) atoms. The zero-order valence-electron chi connectivity index (χ0n) is 10.6. The zero-order chi connectivity index (χ0) is 14.7. The summed E-state index contributed by atoms with van der Waals surface area (Å²) in [6.45, 7) is 1.89. The Morgan fingerprint density at radius 3 is 2.70 bits per heavy atom. The fraction of sp³-hybridized carbons (Fsp3) is 0.143. The van der Waals surface area contributed by atoms with Gasteiger partial charge < -0.3 is 14.8 Å². The molecule has 2 N–H and O–H groups in total. The fourth-order valence-electron chi connectivity index (χ4n) is 1.78. The minimum Gasteiger partial charge on any atom is -0.478 e. The van der Waals surface area contributed by atoms with Crippen LogP contribution in [0.5, 0.6) is 0 Å². The Kier molecular flexibility index (Phi) is 4.24. The minimum atomic E-state index is -1.06. The fourth-order valence-corrected chi connectivity index (χ4v) is 2.20. The SMILES string of the molecule is CCc1occc1C(=O)Nc1ccc(Br)c(C(=O)O)c1. The lowest BCUT2D eigenvalue weighted by Crippen LogP contribution is -2.13. The molecule has 0 bridgehead atoms. The maximum absolute atomic E-state index is 12.1. The molecule has 0 saturated heterocycles. The van der Waals surface area contributed by atoms with Gasteiger partial charge in [0, 0.05) is 16.6 Å². The van der Waals surface area contributed by atoms with E-state index in [-0.39, 0.29) is 11.5 Å². The summed E-state index contributed by atoms with van der Waals surface area (Å²) in [6.07, 6.45) is 2.06. The lowest BCUT2D eigenvalue weighted by atomic mass is 10.1. The van der Waals surface area contributed by atoms with Crippen molar-refractivity contribution in [2.24, 2.45) is 0 Å². The summed E-state index contributed by atoms with van der Waals surface area (Å²) in [5, 5.41) is 11.7. The van der Waals surface area contributed by atoms with Gasteiger partial charge in [-0.15, -0.1) is 0 Å². The van der Waals surface area contributed by atoms with Gasteiger partial charge in [0.25, 0.3) is 5.91 Å². The molecule has 2 rings (SSSR count). The van der Waals surface area contributed by atoms with Crippen molar-refractivity contribution >= 4 is 33.5 Å². The molecule has 0 aliphatic rings. The number of aryl methyl sites for hydroxylation is 1. The van der Waals surface area contributed by atoms with E-state index in [4.69, 9.17) is 9.52 Å². The van der Waals surface area contributed by atoms with Gasteiger partial charge in [0.15, 0.2) is 0 Å². The highest BCUT2D eigenvalue weighted by molar-refractivity contribution is 9.10. The Bertz CT molecular complexity index is 663. The highest BCUT2D eigenvalue weighted by Gasteiger charge is 2.15. The van der Waals surface area contributed by atoms with E-state index in [1.165, 1.54) is 12.3 Å². The lowest BCUT2D eigenvalue weighted by molar-refractivity contribution is 0.0695. The number of hydrogen-bond acceptors (Lipinski definition) is 3. The third-order valence-electron chi connectivity index (χ3n) is 2.77. The molecule has 0 radical (unpaired) electrons. The third-order valence-corrected chi connectivity index (χ3v) is 3.46. The summed E-state index contributed by atoms with van der Waals surface area (Å²) in [4.78, 5) is 23.1. The molecule has 2 aromatic rings. The molecule has 0 aliphatic heterocycles. The quantitative estimate of drug-likeness (QED) is 0.893. The highest BCUT2D eigenvalue weighted by Crippen LogP contribution is 2.22. The lowest BCUT2D eigenvalue weighted by Gasteiger charge is -2.07. The molecule has 1 amide bonds. The molecule has 0 unspecified atom stereocenters. The Balaban J connectivity index is 2.24. The highest BCUT2D eigenvalue weighted by atomic mass is 79.9. The van der Waals surface area contributed by atoms with Crippen molar-refractivity contribution in [2.75, 3.05) is 5.32 Å². The van der Waals surface area contributed by atoms with Crippen LogP contribution in [0.3, 0.4) is 0 Å². The summed E-state index contributed by atoms with van der Waals surface area (Å²) in [7, 11) is 0. The van der Waals surface area contributed by atoms with Crippen LogP contribution in [0.2, 0.25) is 0 Å². The maximum Gasteiger partial charge on any atom is 0.336 e. The molecule has 104 valence electrons. The number of rotatable bonds is 4. The van der Waals surface area contributed by atoms with Crippen LogP contribution in [0.1, 0.15) is 33.4 Å². The average Bonchev–Trinajstić information content (AvgIpc) is 2.89. The average molecular weight is 338 g/mol. The summed E-state index contributed by atoms with van der Waals surface area (Å²) in [5.41, 5.74) is 0.955. The maximum atomic E-state index is 12.1. The van der Waals surface area contributed by atoms with Gasteiger partial charge in [-0.3, -0.25) is 4.79 Å². The van der Waals surface area contributed by atoms with Crippen LogP contribution in [0.25, 0.3) is 0 Å². The van der Waals surface area contributed by atoms with Crippen molar-refractivity contribution in [3.05, 3.63) is 51.9 Å². The normalized spacial score (nSPS) is 10.3. The van der Waals surface area contributed by atoms with E-state index in [9.17, 15) is 9.59 Å². The number of carboxylic acid groups (broad SMARTS) is 1. The van der Waals surface area contributed by atoms with E-state index in [0.717, 1.165) is 0 Å². The molecule has 6 heteroatoms. The second-order valence-electron chi connectivity index (χ2n) is 4.06. The van der Waals surface area contributed by atoms with Crippen molar-refractivity contribution < 1.29 is 19.1 Å². The van der Waals surface area contributed by atoms with Crippen molar-refractivity contribution in [3.63, 3.8) is 0 Å². The topological polar surface area (TPSA) is 79.5 Å². The molecule has 0 aliphatic carbocycles. The third kappa shape index (κ3) is 2.91. The largest absolute Gasteiger partial charge is 0.478 e. The second kappa shape index (κ2) is 5.92. The first kappa shape index (κ1) is 14.3. The van der Waals surface area contributed by atoms with E-state index >= 15 is 0 Å². The summed E-state index contributed by atoms with van der Waals surface area (Å²) >= 11 is 3.15. The van der Waals surface area contributed by atoms with Gasteiger partial charge in [-0.1, -0.05) is 6.92 Å². The predicted molar refractivity (Wildman–Crippen MR) is 77.1 cm³/mol. The molecule has 1 heterocycles. The van der Waals surface area contributed by atoms with Gasteiger partial charge in [-0.05, 0) is 40.2 Å².